The van der Waals surface area contributed by atoms with E-state index in [4.69, 9.17) is 0 Å². The molecule has 0 aliphatic carbocycles. The van der Waals surface area contributed by atoms with Gasteiger partial charge >= 0.3 is 12.4 Å². The molecule has 0 radical (unpaired) electrons. The number of hydrogen-bond acceptors (Lipinski definition) is 3. The van der Waals surface area contributed by atoms with E-state index >= 15 is 0 Å². The van der Waals surface area contributed by atoms with Crippen LogP contribution in [0.2, 0.25) is 0 Å². The minimum Gasteiger partial charge on any atom is -0.322 e. The summed E-state index contributed by atoms with van der Waals surface area (Å²) in [5, 5.41) is 12.5. The van der Waals surface area contributed by atoms with Crippen LogP contribution < -0.4 is 5.32 Å². The van der Waals surface area contributed by atoms with Crippen LogP contribution in [0.1, 0.15) is 16.7 Å². The maximum Gasteiger partial charge on any atom is 0.416 e. The first-order chi connectivity index (χ1) is 12.9. The summed E-state index contributed by atoms with van der Waals surface area (Å²) in [6.45, 7) is 0. The molecule has 0 atom stereocenters. The van der Waals surface area contributed by atoms with Crippen molar-refractivity contribution >= 4 is 23.4 Å². The largest absolute Gasteiger partial charge is 0.416 e. The van der Waals surface area contributed by atoms with Gasteiger partial charge in [-0.2, -0.15) is 26.3 Å². The van der Waals surface area contributed by atoms with Crippen LogP contribution in [0, 0.1) is 10.1 Å². The molecule has 0 fully saturated rings. The van der Waals surface area contributed by atoms with E-state index in [-0.39, 0.29) is 11.8 Å². The van der Waals surface area contributed by atoms with Gasteiger partial charge in [-0.05, 0) is 42.0 Å². The van der Waals surface area contributed by atoms with Crippen LogP contribution >= 0.6 is 0 Å². The van der Waals surface area contributed by atoms with Crippen LogP contribution in [0.5, 0.6) is 0 Å². The molecular formula is C17H10F6N2O3. The second kappa shape index (κ2) is 7.71. The Kier molecular flexibility index (Phi) is 5.76. The molecule has 28 heavy (non-hydrogen) atoms. The Hall–Kier alpha value is -3.37. The van der Waals surface area contributed by atoms with Gasteiger partial charge in [0.25, 0.3) is 5.69 Å². The number of anilines is 1. The van der Waals surface area contributed by atoms with E-state index < -0.39 is 40.0 Å². The Balaban J connectivity index is 2.21. The van der Waals surface area contributed by atoms with Gasteiger partial charge in [-0.1, -0.05) is 0 Å². The molecule has 2 aromatic rings. The second-order valence-electron chi connectivity index (χ2n) is 5.47. The van der Waals surface area contributed by atoms with E-state index in [9.17, 15) is 41.3 Å². The number of benzene rings is 2. The van der Waals surface area contributed by atoms with Gasteiger partial charge in [-0.15, -0.1) is 0 Å². The molecule has 1 amide bonds. The molecule has 2 aromatic carbocycles. The van der Waals surface area contributed by atoms with Gasteiger partial charge in [0.1, 0.15) is 0 Å². The monoisotopic (exact) mass is 404 g/mol. The van der Waals surface area contributed by atoms with Crippen molar-refractivity contribution in [2.24, 2.45) is 0 Å². The number of hydrogen-bond donors (Lipinski definition) is 1. The second-order valence-corrected chi connectivity index (χ2v) is 5.47. The molecular weight excluding hydrogens is 394 g/mol. The van der Waals surface area contributed by atoms with Gasteiger partial charge in [0.15, 0.2) is 0 Å². The molecule has 0 heterocycles. The van der Waals surface area contributed by atoms with Crippen LogP contribution in [0.25, 0.3) is 6.08 Å². The summed E-state index contributed by atoms with van der Waals surface area (Å²) in [6.07, 6.45) is -8.00. The van der Waals surface area contributed by atoms with Crippen LogP contribution in [-0.2, 0) is 17.1 Å². The van der Waals surface area contributed by atoms with Crippen molar-refractivity contribution in [2.45, 2.75) is 12.4 Å². The fourth-order valence-electron chi connectivity index (χ4n) is 2.09. The summed E-state index contributed by atoms with van der Waals surface area (Å²) in [4.78, 5) is 21.7. The third-order valence-electron chi connectivity index (χ3n) is 3.39. The highest BCUT2D eigenvalue weighted by atomic mass is 19.4. The maximum atomic E-state index is 12.8. The predicted molar refractivity (Wildman–Crippen MR) is 87.2 cm³/mol. The highest BCUT2D eigenvalue weighted by molar-refractivity contribution is 6.02. The fourth-order valence-corrected chi connectivity index (χ4v) is 2.09. The van der Waals surface area contributed by atoms with Crippen molar-refractivity contribution in [3.05, 3.63) is 75.3 Å². The zero-order valence-electron chi connectivity index (χ0n) is 13.6. The van der Waals surface area contributed by atoms with Gasteiger partial charge in [0, 0.05) is 23.9 Å². The number of nitrogens with one attached hydrogen (secondary N) is 1. The summed E-state index contributed by atoms with van der Waals surface area (Å²) in [5.74, 6) is -0.981. The summed E-state index contributed by atoms with van der Waals surface area (Å²) >= 11 is 0. The zero-order valence-corrected chi connectivity index (χ0v) is 13.6. The molecule has 0 unspecified atom stereocenters. The van der Waals surface area contributed by atoms with Gasteiger partial charge in [0.05, 0.1) is 16.1 Å². The molecule has 0 saturated carbocycles. The molecule has 11 heteroatoms. The van der Waals surface area contributed by atoms with E-state index in [1.54, 1.807) is 0 Å². The summed E-state index contributed by atoms with van der Waals surface area (Å²) in [7, 11) is 0. The SMILES string of the molecule is O=C(/C=C/c1ccc([N+](=O)[O-])cc1)Nc1cc(C(F)(F)F)cc(C(F)(F)F)c1. The van der Waals surface area contributed by atoms with E-state index in [1.165, 1.54) is 30.3 Å². The summed E-state index contributed by atoms with van der Waals surface area (Å²) in [5.41, 5.74) is -3.62. The third-order valence-corrected chi connectivity index (χ3v) is 3.39. The Morgan fingerprint density at radius 1 is 0.929 bits per heavy atom. The van der Waals surface area contributed by atoms with Crippen LogP contribution in [0.4, 0.5) is 37.7 Å². The zero-order chi connectivity index (χ0) is 21.1. The molecule has 5 nitrogen and oxygen atoms in total. The normalized spacial score (nSPS) is 12.2. The van der Waals surface area contributed by atoms with Gasteiger partial charge in [-0.3, -0.25) is 14.9 Å². The molecule has 148 valence electrons. The van der Waals surface area contributed by atoms with Crippen molar-refractivity contribution in [1.82, 2.24) is 0 Å². The standard InChI is InChI=1S/C17H10F6N2O3/c18-16(19,20)11-7-12(17(21,22)23)9-13(8-11)24-15(26)6-3-10-1-4-14(5-2-10)25(27)28/h1-9H,(H,24,26)/b6-3+. The Morgan fingerprint density at radius 3 is 1.86 bits per heavy atom. The minimum absolute atomic E-state index is 0.0532. The van der Waals surface area contributed by atoms with E-state index in [1.807, 2.05) is 5.32 Å². The fraction of sp³-hybridized carbons (Fsp3) is 0.118. The highest BCUT2D eigenvalue weighted by Crippen LogP contribution is 2.37. The van der Waals surface area contributed by atoms with Crippen LogP contribution in [0.3, 0.4) is 0 Å². The number of carbonyl (C=O) groups is 1. The highest BCUT2D eigenvalue weighted by Gasteiger charge is 2.37. The average molecular weight is 404 g/mol. The van der Waals surface area contributed by atoms with E-state index in [0.717, 1.165) is 6.08 Å². The first-order valence-electron chi connectivity index (χ1n) is 7.39. The molecule has 0 aliphatic rings. The number of nitro groups is 1. The van der Waals surface area contributed by atoms with E-state index in [0.29, 0.717) is 17.7 Å². The molecule has 0 saturated heterocycles. The number of nitrogens with zero attached hydrogens (tertiary/aromatic N) is 1. The smallest absolute Gasteiger partial charge is 0.322 e. The number of halogens is 6. The number of rotatable bonds is 4. The van der Waals surface area contributed by atoms with Crippen molar-refractivity contribution in [2.75, 3.05) is 5.32 Å². The number of non-ortho nitro benzene ring substituents is 1. The Labute approximate surface area is 153 Å². The minimum atomic E-state index is -5.03. The maximum absolute atomic E-state index is 12.8. The quantitative estimate of drug-likeness (QED) is 0.326. The van der Waals surface area contributed by atoms with Crippen molar-refractivity contribution in [3.63, 3.8) is 0 Å². The summed E-state index contributed by atoms with van der Waals surface area (Å²) in [6, 6.07) is 5.67. The first kappa shape index (κ1) is 20.9. The number of amides is 1. The molecule has 1 N–H and O–H groups in total. The molecule has 0 bridgehead atoms. The molecule has 2 rings (SSSR count). The molecule has 0 aliphatic heterocycles. The topological polar surface area (TPSA) is 72.2 Å². The van der Waals surface area contributed by atoms with Gasteiger partial charge < -0.3 is 5.32 Å². The number of nitro benzene ring substituents is 1. The van der Waals surface area contributed by atoms with Gasteiger partial charge in [-0.25, -0.2) is 0 Å². The number of carbonyl (C=O) groups excluding carboxylic acids is 1. The lowest BCUT2D eigenvalue weighted by molar-refractivity contribution is -0.384. The van der Waals surface area contributed by atoms with Crippen molar-refractivity contribution in [3.8, 4) is 0 Å². The third kappa shape index (κ3) is 5.56. The van der Waals surface area contributed by atoms with Crippen LogP contribution in [-0.4, -0.2) is 10.8 Å². The average Bonchev–Trinajstić information content (AvgIpc) is 2.58. The first-order valence-corrected chi connectivity index (χ1v) is 7.39. The molecule has 0 aromatic heterocycles. The molecule has 0 spiro atoms. The summed E-state index contributed by atoms with van der Waals surface area (Å²) < 4.78 is 76.7. The lowest BCUT2D eigenvalue weighted by Crippen LogP contribution is -2.14. The Bertz CT molecular complexity index is 886. The van der Waals surface area contributed by atoms with Gasteiger partial charge in [0.2, 0.25) is 5.91 Å². The van der Waals surface area contributed by atoms with Crippen LogP contribution in [0.15, 0.2) is 48.5 Å². The van der Waals surface area contributed by atoms with Crippen molar-refractivity contribution in [1.29, 1.82) is 0 Å². The lowest BCUT2D eigenvalue weighted by Gasteiger charge is -2.14. The predicted octanol–water partition coefficient (Wildman–Crippen LogP) is 5.28. The van der Waals surface area contributed by atoms with E-state index in [2.05, 4.69) is 0 Å². The Morgan fingerprint density at radius 2 is 1.43 bits per heavy atom. The van der Waals surface area contributed by atoms with Crippen molar-refractivity contribution < 1.29 is 36.1 Å². The number of alkyl halides is 6. The lowest BCUT2D eigenvalue weighted by atomic mass is 10.1.